The Morgan fingerprint density at radius 1 is 1.07 bits per heavy atom. The van der Waals surface area contributed by atoms with Gasteiger partial charge in [0.1, 0.15) is 12.2 Å². The molecule has 0 aliphatic heterocycles. The number of carboxylic acid groups (broad SMARTS) is 1. The molecule has 1 amide bonds. The Morgan fingerprint density at radius 3 is 2.27 bits per heavy atom. The molecule has 0 aromatic heterocycles. The lowest BCUT2D eigenvalue weighted by molar-refractivity contribution is -0.139. The van der Waals surface area contributed by atoms with Crippen molar-refractivity contribution in [3.05, 3.63) is 35.9 Å². The zero-order chi connectivity index (χ0) is 22.4. The van der Waals surface area contributed by atoms with E-state index in [0.29, 0.717) is 31.4 Å². The fourth-order valence-electron chi connectivity index (χ4n) is 2.71. The van der Waals surface area contributed by atoms with Gasteiger partial charge in [-0.1, -0.05) is 30.3 Å². The number of hydrogen-bond acceptors (Lipinski definition) is 7. The molecule has 0 radical (unpaired) electrons. The van der Waals surface area contributed by atoms with E-state index in [9.17, 15) is 24.1 Å². The van der Waals surface area contributed by atoms with Crippen LogP contribution in [0, 0.1) is 0 Å². The lowest BCUT2D eigenvalue weighted by Crippen LogP contribution is -2.39. The number of carboxylic acids is 1. The Morgan fingerprint density at radius 2 is 1.70 bits per heavy atom. The average molecular weight is 442 g/mol. The second-order valence-corrected chi connectivity index (χ2v) is 8.57. The molecule has 10 heteroatoms. The van der Waals surface area contributed by atoms with E-state index < -0.39 is 25.5 Å². The fourth-order valence-corrected chi connectivity index (χ4v) is 4.22. The summed E-state index contributed by atoms with van der Waals surface area (Å²) in [5.74, 6) is -1.65. The summed E-state index contributed by atoms with van der Waals surface area (Å²) in [4.78, 5) is 35.4. The molecule has 9 nitrogen and oxygen atoms in total. The Hall–Kier alpha value is -2.06. The summed E-state index contributed by atoms with van der Waals surface area (Å²) in [6, 6.07) is 7.80. The van der Waals surface area contributed by atoms with Crippen molar-refractivity contribution in [2.24, 2.45) is 0 Å². The topological polar surface area (TPSA) is 131 Å². The Bertz CT molecular complexity index is 717. The summed E-state index contributed by atoms with van der Waals surface area (Å²) in [6.45, 7) is 3.95. The third-order valence-electron chi connectivity index (χ3n) is 4.13. The Labute approximate surface area is 177 Å². The van der Waals surface area contributed by atoms with Crippen LogP contribution < -0.4 is 10.6 Å². The molecule has 1 atom stereocenters. The zero-order valence-electron chi connectivity index (χ0n) is 17.5. The average Bonchev–Trinajstić information content (AvgIpc) is 2.70. The highest BCUT2D eigenvalue weighted by Gasteiger charge is 2.27. The van der Waals surface area contributed by atoms with Gasteiger partial charge >= 0.3 is 13.6 Å². The van der Waals surface area contributed by atoms with Gasteiger partial charge in [-0.3, -0.25) is 24.3 Å². The SMILES string of the molecule is CCOP(=O)(CC(=O)NCCCCC(NCC(=O)c1ccccc1)C(=O)O)OCC. The van der Waals surface area contributed by atoms with E-state index in [-0.39, 0.29) is 31.7 Å². The monoisotopic (exact) mass is 442 g/mol. The van der Waals surface area contributed by atoms with Gasteiger partial charge in [-0.15, -0.1) is 0 Å². The Kier molecular flexibility index (Phi) is 12.2. The molecule has 168 valence electrons. The number of hydrogen-bond donors (Lipinski definition) is 3. The number of aliphatic carboxylic acids is 1. The van der Waals surface area contributed by atoms with E-state index in [1.54, 1.807) is 44.2 Å². The third-order valence-corrected chi connectivity index (χ3v) is 6.11. The molecule has 0 aliphatic carbocycles. The van der Waals surface area contributed by atoms with Crippen molar-refractivity contribution in [1.29, 1.82) is 0 Å². The molecular weight excluding hydrogens is 411 g/mol. The quantitative estimate of drug-likeness (QED) is 0.202. The first-order valence-corrected chi connectivity index (χ1v) is 11.7. The highest BCUT2D eigenvalue weighted by atomic mass is 31.2. The molecular formula is C20H31N2O7P. The van der Waals surface area contributed by atoms with Crippen LogP contribution in [0.15, 0.2) is 30.3 Å². The molecule has 1 unspecified atom stereocenters. The minimum absolute atomic E-state index is 0.0676. The molecule has 0 spiro atoms. The van der Waals surface area contributed by atoms with Gasteiger partial charge in [0.05, 0.1) is 19.8 Å². The minimum Gasteiger partial charge on any atom is -0.480 e. The number of benzene rings is 1. The summed E-state index contributed by atoms with van der Waals surface area (Å²) in [7, 11) is -3.44. The van der Waals surface area contributed by atoms with E-state index in [0.717, 1.165) is 0 Å². The maximum atomic E-state index is 12.3. The van der Waals surface area contributed by atoms with Crippen LogP contribution in [-0.2, 0) is 23.2 Å². The standard InChI is InChI=1S/C20H31N2O7P/c1-3-28-30(27,29-4-2)15-19(24)21-13-9-8-12-17(20(25)26)22-14-18(23)16-10-6-5-7-11-16/h5-7,10-11,17,22H,3-4,8-9,12-15H2,1-2H3,(H,21,24)(H,25,26). The highest BCUT2D eigenvalue weighted by Crippen LogP contribution is 2.47. The maximum absolute atomic E-state index is 12.3. The molecule has 0 heterocycles. The number of amides is 1. The van der Waals surface area contributed by atoms with E-state index in [4.69, 9.17) is 9.05 Å². The van der Waals surface area contributed by atoms with Crippen molar-refractivity contribution in [1.82, 2.24) is 10.6 Å². The molecule has 0 bridgehead atoms. The first-order chi connectivity index (χ1) is 14.3. The number of unbranched alkanes of at least 4 members (excludes halogenated alkanes) is 1. The molecule has 0 saturated carbocycles. The van der Waals surface area contributed by atoms with Gasteiger partial charge in [0.15, 0.2) is 5.78 Å². The van der Waals surface area contributed by atoms with Gasteiger partial charge in [-0.25, -0.2) is 0 Å². The molecule has 1 aromatic rings. The van der Waals surface area contributed by atoms with Crippen molar-refractivity contribution in [3.8, 4) is 0 Å². The van der Waals surface area contributed by atoms with Gasteiger partial charge in [-0.2, -0.15) is 0 Å². The van der Waals surface area contributed by atoms with Crippen molar-refractivity contribution in [3.63, 3.8) is 0 Å². The fraction of sp³-hybridized carbons (Fsp3) is 0.550. The highest BCUT2D eigenvalue weighted by molar-refractivity contribution is 7.54. The summed E-state index contributed by atoms with van der Waals surface area (Å²) in [5.41, 5.74) is 0.522. The smallest absolute Gasteiger partial charge is 0.340 e. The lowest BCUT2D eigenvalue weighted by Gasteiger charge is -2.16. The van der Waals surface area contributed by atoms with Crippen molar-refractivity contribution < 1.29 is 33.1 Å². The van der Waals surface area contributed by atoms with Crippen LogP contribution in [0.25, 0.3) is 0 Å². The van der Waals surface area contributed by atoms with Crippen molar-refractivity contribution >= 4 is 25.3 Å². The Balaban J connectivity index is 2.32. The summed E-state index contributed by atoms with van der Waals surface area (Å²) >= 11 is 0. The number of nitrogens with one attached hydrogen (secondary N) is 2. The first kappa shape index (κ1) is 26.0. The molecule has 30 heavy (non-hydrogen) atoms. The van der Waals surface area contributed by atoms with Crippen LogP contribution in [-0.4, -0.2) is 61.3 Å². The van der Waals surface area contributed by atoms with E-state index in [2.05, 4.69) is 10.6 Å². The van der Waals surface area contributed by atoms with Gasteiger partial charge in [0, 0.05) is 12.1 Å². The first-order valence-electron chi connectivity index (χ1n) is 10.0. The van der Waals surface area contributed by atoms with Gasteiger partial charge in [-0.05, 0) is 33.1 Å². The summed E-state index contributed by atoms with van der Waals surface area (Å²) in [5, 5.41) is 14.7. The van der Waals surface area contributed by atoms with Crippen LogP contribution in [0.1, 0.15) is 43.5 Å². The molecule has 1 rings (SSSR count). The summed E-state index contributed by atoms with van der Waals surface area (Å²) in [6.07, 6.45) is 1.02. The lowest BCUT2D eigenvalue weighted by atomic mass is 10.1. The van der Waals surface area contributed by atoms with Crippen LogP contribution >= 0.6 is 7.60 Å². The zero-order valence-corrected chi connectivity index (χ0v) is 18.4. The predicted molar refractivity (Wildman–Crippen MR) is 113 cm³/mol. The maximum Gasteiger partial charge on any atom is 0.340 e. The molecule has 0 fully saturated rings. The van der Waals surface area contributed by atoms with Crippen molar-refractivity contribution in [2.75, 3.05) is 32.5 Å². The van der Waals surface area contributed by atoms with E-state index in [1.807, 2.05) is 0 Å². The second kappa shape index (κ2) is 14.0. The molecule has 3 N–H and O–H groups in total. The number of Topliss-reactive ketones (excluding diaryl/α,β-unsaturated/α-hetero) is 1. The molecule has 0 saturated heterocycles. The van der Waals surface area contributed by atoms with Gasteiger partial charge < -0.3 is 19.5 Å². The van der Waals surface area contributed by atoms with Gasteiger partial charge in [0.2, 0.25) is 5.91 Å². The van der Waals surface area contributed by atoms with Crippen LogP contribution in [0.4, 0.5) is 0 Å². The van der Waals surface area contributed by atoms with Crippen LogP contribution in [0.2, 0.25) is 0 Å². The predicted octanol–water partition coefficient (Wildman–Crippen LogP) is 2.46. The third kappa shape index (κ3) is 10.1. The van der Waals surface area contributed by atoms with E-state index in [1.165, 1.54) is 0 Å². The summed E-state index contributed by atoms with van der Waals surface area (Å²) < 4.78 is 22.5. The number of carbonyl (C=O) groups excluding carboxylic acids is 2. The van der Waals surface area contributed by atoms with E-state index >= 15 is 0 Å². The van der Waals surface area contributed by atoms with Gasteiger partial charge in [0.25, 0.3) is 0 Å². The van der Waals surface area contributed by atoms with Crippen molar-refractivity contribution in [2.45, 2.75) is 39.2 Å². The van der Waals surface area contributed by atoms with Crippen LogP contribution in [0.3, 0.4) is 0 Å². The largest absolute Gasteiger partial charge is 0.480 e. The number of rotatable bonds is 16. The molecule has 1 aromatic carbocycles. The number of ketones is 1. The minimum atomic E-state index is -3.44. The van der Waals surface area contributed by atoms with Crippen LogP contribution in [0.5, 0.6) is 0 Å². The normalized spacial score (nSPS) is 12.3. The number of carbonyl (C=O) groups is 3. The second-order valence-electron chi connectivity index (χ2n) is 6.51. The molecule has 0 aliphatic rings.